The fraction of sp³-hybridized carbons (Fsp3) is 0.389. The Morgan fingerprint density at radius 3 is 2.71 bits per heavy atom. The lowest BCUT2D eigenvalue weighted by molar-refractivity contribution is 0.374. The highest BCUT2D eigenvalue weighted by Gasteiger charge is 2.30. The van der Waals surface area contributed by atoms with Crippen LogP contribution < -0.4 is 10.2 Å². The van der Waals surface area contributed by atoms with Crippen molar-refractivity contribution in [1.82, 2.24) is 4.98 Å². The van der Waals surface area contributed by atoms with Crippen LogP contribution in [-0.4, -0.2) is 25.1 Å². The molecule has 0 amide bonds. The normalized spacial score (nSPS) is 20.7. The van der Waals surface area contributed by atoms with E-state index in [1.165, 1.54) is 29.7 Å². The van der Waals surface area contributed by atoms with Crippen LogP contribution in [0.15, 0.2) is 42.7 Å². The standard InChI is InChI=1S/C18H23N3/c1-13-5-4-6-14(9-13)15-10-16(11-15)20-17-12-19-8-7-18(17)21(2)3/h4-9,12,15-16,20H,10-11H2,1-3H3. The third-order valence-electron chi connectivity index (χ3n) is 4.29. The Balaban J connectivity index is 1.63. The predicted molar refractivity (Wildman–Crippen MR) is 89.1 cm³/mol. The summed E-state index contributed by atoms with van der Waals surface area (Å²) in [4.78, 5) is 6.36. The zero-order valence-corrected chi connectivity index (χ0v) is 13.0. The van der Waals surface area contributed by atoms with Crippen molar-refractivity contribution in [1.29, 1.82) is 0 Å². The number of nitrogens with zero attached hydrogens (tertiary/aromatic N) is 2. The number of pyridine rings is 1. The largest absolute Gasteiger partial charge is 0.379 e. The summed E-state index contributed by atoms with van der Waals surface area (Å²) in [7, 11) is 4.13. The smallest absolute Gasteiger partial charge is 0.0766 e. The van der Waals surface area contributed by atoms with E-state index in [-0.39, 0.29) is 0 Å². The number of benzene rings is 1. The molecule has 0 unspecified atom stereocenters. The summed E-state index contributed by atoms with van der Waals surface area (Å²) in [5, 5.41) is 3.64. The first kappa shape index (κ1) is 13.9. The summed E-state index contributed by atoms with van der Waals surface area (Å²) in [5.74, 6) is 0.696. The predicted octanol–water partition coefficient (Wildman–Crippen LogP) is 3.81. The van der Waals surface area contributed by atoms with Gasteiger partial charge in [0.05, 0.1) is 17.6 Å². The molecule has 1 saturated carbocycles. The van der Waals surface area contributed by atoms with E-state index >= 15 is 0 Å². The van der Waals surface area contributed by atoms with E-state index in [4.69, 9.17) is 0 Å². The highest BCUT2D eigenvalue weighted by Crippen LogP contribution is 2.39. The molecule has 0 radical (unpaired) electrons. The van der Waals surface area contributed by atoms with Gasteiger partial charge < -0.3 is 10.2 Å². The SMILES string of the molecule is Cc1cccc(C2CC(Nc3cnccc3N(C)C)C2)c1. The summed E-state index contributed by atoms with van der Waals surface area (Å²) >= 11 is 0. The van der Waals surface area contributed by atoms with Crippen molar-refractivity contribution in [3.05, 3.63) is 53.9 Å². The van der Waals surface area contributed by atoms with Gasteiger partial charge in [-0.2, -0.15) is 0 Å². The average molecular weight is 281 g/mol. The first-order valence-corrected chi connectivity index (χ1v) is 7.58. The van der Waals surface area contributed by atoms with Crippen molar-refractivity contribution < 1.29 is 0 Å². The van der Waals surface area contributed by atoms with Crippen molar-refractivity contribution in [3.8, 4) is 0 Å². The molecule has 1 aliphatic rings. The molecule has 0 spiro atoms. The van der Waals surface area contributed by atoms with Crippen LogP contribution in [0.2, 0.25) is 0 Å². The van der Waals surface area contributed by atoms with Gasteiger partial charge >= 0.3 is 0 Å². The number of hydrogen-bond donors (Lipinski definition) is 1. The lowest BCUT2D eigenvalue weighted by atomic mass is 9.75. The molecule has 0 atom stereocenters. The molecule has 1 N–H and O–H groups in total. The van der Waals surface area contributed by atoms with E-state index in [1.54, 1.807) is 0 Å². The van der Waals surface area contributed by atoms with Crippen LogP contribution in [0.4, 0.5) is 11.4 Å². The van der Waals surface area contributed by atoms with Gasteiger partial charge in [-0.25, -0.2) is 0 Å². The van der Waals surface area contributed by atoms with Gasteiger partial charge in [-0.15, -0.1) is 0 Å². The molecule has 1 fully saturated rings. The van der Waals surface area contributed by atoms with Gasteiger partial charge in [0, 0.05) is 26.3 Å². The molecule has 0 bridgehead atoms. The maximum Gasteiger partial charge on any atom is 0.0766 e. The number of rotatable bonds is 4. The second-order valence-electron chi connectivity index (χ2n) is 6.21. The van der Waals surface area contributed by atoms with Crippen molar-refractivity contribution >= 4 is 11.4 Å². The van der Waals surface area contributed by atoms with E-state index in [0.717, 1.165) is 5.69 Å². The van der Waals surface area contributed by atoms with Crippen LogP contribution in [0.5, 0.6) is 0 Å². The third kappa shape index (κ3) is 3.02. The van der Waals surface area contributed by atoms with Crippen LogP contribution in [0.1, 0.15) is 29.9 Å². The maximum absolute atomic E-state index is 4.24. The second kappa shape index (κ2) is 5.76. The average Bonchev–Trinajstić information content (AvgIpc) is 2.42. The molecule has 0 saturated heterocycles. The number of hydrogen-bond acceptors (Lipinski definition) is 3. The Morgan fingerprint density at radius 2 is 2.00 bits per heavy atom. The lowest BCUT2D eigenvalue weighted by Gasteiger charge is -2.37. The lowest BCUT2D eigenvalue weighted by Crippen LogP contribution is -2.34. The van der Waals surface area contributed by atoms with Gasteiger partial charge in [0.2, 0.25) is 0 Å². The fourth-order valence-electron chi connectivity index (χ4n) is 3.04. The quantitative estimate of drug-likeness (QED) is 0.923. The van der Waals surface area contributed by atoms with Crippen molar-refractivity contribution in [2.24, 2.45) is 0 Å². The van der Waals surface area contributed by atoms with Gasteiger partial charge in [0.1, 0.15) is 0 Å². The fourth-order valence-corrected chi connectivity index (χ4v) is 3.04. The molecule has 3 rings (SSSR count). The first-order valence-electron chi connectivity index (χ1n) is 7.58. The zero-order valence-electron chi connectivity index (χ0n) is 13.0. The third-order valence-corrected chi connectivity index (χ3v) is 4.29. The molecule has 1 aromatic carbocycles. The van der Waals surface area contributed by atoms with Gasteiger partial charge in [-0.3, -0.25) is 4.98 Å². The topological polar surface area (TPSA) is 28.2 Å². The van der Waals surface area contributed by atoms with E-state index in [0.29, 0.717) is 12.0 Å². The summed E-state index contributed by atoms with van der Waals surface area (Å²) < 4.78 is 0. The summed E-state index contributed by atoms with van der Waals surface area (Å²) in [5.41, 5.74) is 5.16. The molecule has 1 aromatic heterocycles. The Labute approximate surface area is 127 Å². The van der Waals surface area contributed by atoms with Crippen LogP contribution in [-0.2, 0) is 0 Å². The van der Waals surface area contributed by atoms with E-state index in [2.05, 4.69) is 66.6 Å². The van der Waals surface area contributed by atoms with E-state index < -0.39 is 0 Å². The second-order valence-corrected chi connectivity index (χ2v) is 6.21. The molecule has 110 valence electrons. The van der Waals surface area contributed by atoms with Crippen LogP contribution in [0, 0.1) is 6.92 Å². The van der Waals surface area contributed by atoms with Crippen LogP contribution in [0.3, 0.4) is 0 Å². The van der Waals surface area contributed by atoms with Gasteiger partial charge in [-0.05, 0) is 37.3 Å². The molecule has 21 heavy (non-hydrogen) atoms. The molecule has 2 aromatic rings. The van der Waals surface area contributed by atoms with Crippen molar-refractivity contribution in [2.75, 3.05) is 24.3 Å². The summed E-state index contributed by atoms with van der Waals surface area (Å²) in [6.45, 7) is 2.16. The molecule has 1 heterocycles. The molecule has 1 aliphatic carbocycles. The monoisotopic (exact) mass is 281 g/mol. The Kier molecular flexibility index (Phi) is 3.82. The summed E-state index contributed by atoms with van der Waals surface area (Å²) in [6.07, 6.45) is 6.17. The number of aromatic nitrogens is 1. The minimum absolute atomic E-state index is 0.554. The van der Waals surface area contributed by atoms with Gasteiger partial charge in [0.25, 0.3) is 0 Å². The Morgan fingerprint density at radius 1 is 1.19 bits per heavy atom. The molecular weight excluding hydrogens is 258 g/mol. The first-order chi connectivity index (χ1) is 10.1. The minimum atomic E-state index is 0.554. The Hall–Kier alpha value is -2.03. The van der Waals surface area contributed by atoms with Crippen molar-refractivity contribution in [2.45, 2.75) is 31.7 Å². The highest BCUT2D eigenvalue weighted by molar-refractivity contribution is 5.68. The van der Waals surface area contributed by atoms with Crippen LogP contribution in [0.25, 0.3) is 0 Å². The van der Waals surface area contributed by atoms with Crippen LogP contribution >= 0.6 is 0 Å². The van der Waals surface area contributed by atoms with Gasteiger partial charge in [0.15, 0.2) is 0 Å². The molecule has 0 aliphatic heterocycles. The van der Waals surface area contributed by atoms with E-state index in [1.807, 2.05) is 12.4 Å². The zero-order chi connectivity index (χ0) is 14.8. The number of aryl methyl sites for hydroxylation is 1. The Bertz CT molecular complexity index is 615. The molecule has 3 nitrogen and oxygen atoms in total. The maximum atomic E-state index is 4.24. The number of nitrogens with one attached hydrogen (secondary N) is 1. The highest BCUT2D eigenvalue weighted by atomic mass is 15.1. The van der Waals surface area contributed by atoms with Crippen molar-refractivity contribution in [3.63, 3.8) is 0 Å². The number of anilines is 2. The minimum Gasteiger partial charge on any atom is -0.379 e. The van der Waals surface area contributed by atoms with E-state index in [9.17, 15) is 0 Å². The molecular formula is C18H23N3. The molecule has 3 heteroatoms. The summed E-state index contributed by atoms with van der Waals surface area (Å²) in [6, 6.07) is 11.5. The van der Waals surface area contributed by atoms with Gasteiger partial charge in [-0.1, -0.05) is 29.8 Å².